The third kappa shape index (κ3) is 3.88. The average Bonchev–Trinajstić information content (AvgIpc) is 2.90. The second-order valence-electron chi connectivity index (χ2n) is 6.01. The van der Waals surface area contributed by atoms with Crippen molar-refractivity contribution in [2.75, 3.05) is 26.4 Å². The van der Waals surface area contributed by atoms with Crippen molar-refractivity contribution in [1.29, 1.82) is 0 Å². The summed E-state index contributed by atoms with van der Waals surface area (Å²) in [7, 11) is -1.55. The van der Waals surface area contributed by atoms with Crippen LogP contribution in [0.25, 0.3) is 0 Å². The van der Waals surface area contributed by atoms with E-state index in [0.29, 0.717) is 25.9 Å². The van der Waals surface area contributed by atoms with Gasteiger partial charge in [0.2, 0.25) is 15.9 Å². The van der Waals surface area contributed by atoms with Crippen molar-refractivity contribution in [3.8, 4) is 0 Å². The Balaban J connectivity index is 1.95. The molecule has 1 unspecified atom stereocenters. The molecular formula is C15H24N2O3S2. The number of carbonyl (C=O) groups excluding carboxylic acids is 1. The molecular weight excluding hydrogens is 320 g/mol. The first-order valence-corrected chi connectivity index (χ1v) is 10.1. The van der Waals surface area contributed by atoms with Crippen molar-refractivity contribution < 1.29 is 13.2 Å². The molecule has 22 heavy (non-hydrogen) atoms. The van der Waals surface area contributed by atoms with Crippen LogP contribution in [-0.4, -0.2) is 56.0 Å². The number of aryl methyl sites for hydroxylation is 1. The summed E-state index contributed by atoms with van der Waals surface area (Å²) in [5.74, 6) is 0.0187. The molecule has 0 aliphatic carbocycles. The zero-order valence-electron chi connectivity index (χ0n) is 13.6. The van der Waals surface area contributed by atoms with Crippen LogP contribution in [0.2, 0.25) is 0 Å². The van der Waals surface area contributed by atoms with Gasteiger partial charge in [0.15, 0.2) is 0 Å². The molecule has 2 rings (SSSR count). The van der Waals surface area contributed by atoms with Crippen LogP contribution in [0.4, 0.5) is 0 Å². The first-order chi connectivity index (χ1) is 10.2. The molecule has 0 bridgehead atoms. The molecule has 1 saturated heterocycles. The molecule has 1 amide bonds. The number of thiophene rings is 1. The van der Waals surface area contributed by atoms with E-state index in [1.807, 2.05) is 30.9 Å². The Bertz CT molecular complexity index is 631. The Hall–Kier alpha value is -0.920. The third-order valence-corrected chi connectivity index (χ3v) is 6.90. The Morgan fingerprint density at radius 2 is 1.95 bits per heavy atom. The van der Waals surface area contributed by atoms with Crippen molar-refractivity contribution in [3.05, 3.63) is 21.9 Å². The molecule has 1 fully saturated rings. The summed E-state index contributed by atoms with van der Waals surface area (Å²) in [5, 5.41) is 0. The van der Waals surface area contributed by atoms with E-state index in [9.17, 15) is 13.2 Å². The largest absolute Gasteiger partial charge is 0.342 e. The summed E-state index contributed by atoms with van der Waals surface area (Å²) in [6, 6.07) is 4.06. The van der Waals surface area contributed by atoms with Gasteiger partial charge in [-0.25, -0.2) is 12.7 Å². The van der Waals surface area contributed by atoms with E-state index in [0.717, 1.165) is 4.88 Å². The summed E-state index contributed by atoms with van der Waals surface area (Å²) < 4.78 is 24.6. The molecule has 0 spiro atoms. The van der Waals surface area contributed by atoms with Crippen LogP contribution in [-0.2, 0) is 14.8 Å². The highest BCUT2D eigenvalue weighted by atomic mass is 32.2. The van der Waals surface area contributed by atoms with Gasteiger partial charge in [-0.05, 0) is 38.8 Å². The minimum atomic E-state index is -3.17. The van der Waals surface area contributed by atoms with E-state index in [4.69, 9.17) is 0 Å². The van der Waals surface area contributed by atoms with Gasteiger partial charge in [-0.1, -0.05) is 0 Å². The van der Waals surface area contributed by atoms with E-state index < -0.39 is 10.0 Å². The van der Waals surface area contributed by atoms with Crippen molar-refractivity contribution in [2.45, 2.75) is 38.6 Å². The van der Waals surface area contributed by atoms with Crippen LogP contribution in [0.5, 0.6) is 0 Å². The Morgan fingerprint density at radius 1 is 1.36 bits per heavy atom. The molecule has 124 valence electrons. The maximum Gasteiger partial charge on any atom is 0.230 e. The molecule has 7 heteroatoms. The fourth-order valence-electron chi connectivity index (χ4n) is 2.80. The van der Waals surface area contributed by atoms with Crippen LogP contribution in [0.15, 0.2) is 12.1 Å². The number of nitrogens with zero attached hydrogens (tertiary/aromatic N) is 2. The lowest BCUT2D eigenvalue weighted by atomic mass is 10.0. The highest BCUT2D eigenvalue weighted by molar-refractivity contribution is 7.88. The Morgan fingerprint density at radius 3 is 2.41 bits per heavy atom. The Kier molecular flexibility index (Phi) is 5.29. The number of likely N-dealkylation sites (tertiary alicyclic amines) is 1. The number of piperidine rings is 1. The van der Waals surface area contributed by atoms with E-state index in [1.54, 1.807) is 18.4 Å². The molecule has 2 heterocycles. The molecule has 1 aromatic rings. The van der Waals surface area contributed by atoms with E-state index >= 15 is 0 Å². The van der Waals surface area contributed by atoms with Crippen LogP contribution < -0.4 is 0 Å². The van der Waals surface area contributed by atoms with Crippen molar-refractivity contribution in [3.63, 3.8) is 0 Å². The molecule has 0 radical (unpaired) electrons. The van der Waals surface area contributed by atoms with E-state index in [-0.39, 0.29) is 17.9 Å². The van der Waals surface area contributed by atoms with Gasteiger partial charge in [-0.15, -0.1) is 11.3 Å². The maximum absolute atomic E-state index is 12.6. The molecule has 5 nitrogen and oxygen atoms in total. The zero-order valence-corrected chi connectivity index (χ0v) is 15.2. The lowest BCUT2D eigenvalue weighted by Crippen LogP contribution is -2.47. The van der Waals surface area contributed by atoms with Crippen LogP contribution in [0.3, 0.4) is 0 Å². The second-order valence-corrected chi connectivity index (χ2v) is 9.37. The van der Waals surface area contributed by atoms with Gasteiger partial charge in [0.05, 0.1) is 12.2 Å². The van der Waals surface area contributed by atoms with E-state index in [1.165, 1.54) is 15.4 Å². The van der Waals surface area contributed by atoms with Gasteiger partial charge in [0.25, 0.3) is 0 Å². The van der Waals surface area contributed by atoms with Crippen LogP contribution >= 0.6 is 11.3 Å². The molecule has 1 aromatic heterocycles. The normalized spacial score (nSPS) is 18.7. The monoisotopic (exact) mass is 344 g/mol. The fraction of sp³-hybridized carbons (Fsp3) is 0.667. The first kappa shape index (κ1) is 17.4. The smallest absolute Gasteiger partial charge is 0.230 e. The van der Waals surface area contributed by atoms with Crippen LogP contribution in [0, 0.1) is 6.92 Å². The molecule has 0 aromatic carbocycles. The van der Waals surface area contributed by atoms with Crippen LogP contribution in [0.1, 0.15) is 35.4 Å². The van der Waals surface area contributed by atoms with E-state index in [2.05, 4.69) is 0 Å². The Labute approximate surface area is 137 Å². The number of rotatable bonds is 4. The number of hydrogen-bond donors (Lipinski definition) is 0. The summed E-state index contributed by atoms with van der Waals surface area (Å²) >= 11 is 1.66. The molecule has 1 aliphatic heterocycles. The van der Waals surface area contributed by atoms with Crippen molar-refractivity contribution in [1.82, 2.24) is 9.21 Å². The number of amides is 1. The number of carbonyl (C=O) groups is 1. The molecule has 0 N–H and O–H groups in total. The minimum Gasteiger partial charge on any atom is -0.342 e. The topological polar surface area (TPSA) is 57.7 Å². The highest BCUT2D eigenvalue weighted by Gasteiger charge is 2.31. The highest BCUT2D eigenvalue weighted by Crippen LogP contribution is 2.27. The predicted molar refractivity (Wildman–Crippen MR) is 89.7 cm³/mol. The van der Waals surface area contributed by atoms with Gasteiger partial charge >= 0.3 is 0 Å². The number of hydrogen-bond acceptors (Lipinski definition) is 4. The number of sulfonamides is 1. The van der Waals surface area contributed by atoms with Gasteiger partial charge in [-0.2, -0.15) is 0 Å². The molecule has 1 atom stereocenters. The zero-order chi connectivity index (χ0) is 16.5. The van der Waals surface area contributed by atoms with Crippen molar-refractivity contribution >= 4 is 27.3 Å². The van der Waals surface area contributed by atoms with Gasteiger partial charge in [-0.3, -0.25) is 4.79 Å². The minimum absolute atomic E-state index is 0.00154. The lowest BCUT2D eigenvalue weighted by Gasteiger charge is -2.36. The fourth-order valence-corrected chi connectivity index (χ4v) is 4.48. The summed E-state index contributed by atoms with van der Waals surface area (Å²) in [5.41, 5.74) is 0. The summed E-state index contributed by atoms with van der Waals surface area (Å²) in [6.07, 6.45) is 2.63. The first-order valence-electron chi connectivity index (χ1n) is 7.48. The average molecular weight is 345 g/mol. The van der Waals surface area contributed by atoms with Gasteiger partial charge in [0, 0.05) is 35.9 Å². The summed E-state index contributed by atoms with van der Waals surface area (Å²) in [6.45, 7) is 5.23. The quantitative estimate of drug-likeness (QED) is 0.840. The summed E-state index contributed by atoms with van der Waals surface area (Å²) in [4.78, 5) is 16.8. The standard InChI is InChI=1S/C15H24N2O3S2/c1-11-5-6-14(21-11)12(2)15(18)17-9-7-13(8-10-17)16(3)22(4,19)20/h5-6,12-13H,7-10H2,1-4H3. The second kappa shape index (κ2) is 6.68. The lowest BCUT2D eigenvalue weighted by molar-refractivity contribution is -0.133. The maximum atomic E-state index is 12.6. The van der Waals surface area contributed by atoms with Crippen molar-refractivity contribution in [2.24, 2.45) is 0 Å². The van der Waals surface area contributed by atoms with Gasteiger partial charge < -0.3 is 4.90 Å². The van der Waals surface area contributed by atoms with Gasteiger partial charge in [0.1, 0.15) is 0 Å². The predicted octanol–water partition coefficient (Wildman–Crippen LogP) is 2.04. The SMILES string of the molecule is Cc1ccc(C(C)C(=O)N2CCC(N(C)S(C)(=O)=O)CC2)s1. The molecule has 0 saturated carbocycles. The third-order valence-electron chi connectivity index (χ3n) is 4.37. The molecule has 1 aliphatic rings.